The molecule has 0 unspecified atom stereocenters. The van der Waals surface area contributed by atoms with E-state index in [0.29, 0.717) is 6.26 Å². The molecule has 15 heavy (non-hydrogen) atoms. The average molecular weight is 213 g/mol. The van der Waals surface area contributed by atoms with Crippen molar-refractivity contribution < 1.29 is 23.8 Å². The zero-order chi connectivity index (χ0) is 11.3. The fraction of sp³-hybridized carbons (Fsp3) is 0.111. The van der Waals surface area contributed by atoms with Crippen LogP contribution in [0.25, 0.3) is 0 Å². The van der Waals surface area contributed by atoms with Crippen LogP contribution in [0, 0.1) is 5.95 Å². The van der Waals surface area contributed by atoms with Crippen LogP contribution in [-0.2, 0) is 9.53 Å². The Hall–Kier alpha value is -2.11. The van der Waals surface area contributed by atoms with Gasteiger partial charge in [-0.15, -0.1) is 0 Å². The highest BCUT2D eigenvalue weighted by Gasteiger charge is 2.15. The van der Waals surface area contributed by atoms with E-state index in [-0.39, 0.29) is 5.75 Å². The quantitative estimate of drug-likeness (QED) is 0.353. The highest BCUT2D eigenvalue weighted by molar-refractivity contribution is 5.86. The Kier molecular flexibility index (Phi) is 3.61. The SMILES string of the molecule is COC(=O)/C(=C/O)Oc1cccnc1F. The van der Waals surface area contributed by atoms with Crippen molar-refractivity contribution in [3.63, 3.8) is 0 Å². The molecule has 0 saturated heterocycles. The predicted octanol–water partition coefficient (Wildman–Crippen LogP) is 1.17. The fourth-order valence-corrected chi connectivity index (χ4v) is 0.787. The molecule has 6 heteroatoms. The maximum atomic E-state index is 13.0. The summed E-state index contributed by atoms with van der Waals surface area (Å²) in [5.74, 6) is -2.60. The summed E-state index contributed by atoms with van der Waals surface area (Å²) in [5, 5.41) is 8.65. The third kappa shape index (κ3) is 2.67. The molecular weight excluding hydrogens is 205 g/mol. The van der Waals surface area contributed by atoms with E-state index >= 15 is 0 Å². The molecule has 1 N–H and O–H groups in total. The number of aliphatic hydroxyl groups excluding tert-OH is 1. The number of carbonyl (C=O) groups excluding carboxylic acids is 1. The molecule has 0 fully saturated rings. The number of rotatable bonds is 3. The van der Waals surface area contributed by atoms with Gasteiger partial charge in [-0.3, -0.25) is 0 Å². The van der Waals surface area contributed by atoms with Crippen molar-refractivity contribution in [2.45, 2.75) is 0 Å². The zero-order valence-electron chi connectivity index (χ0n) is 7.81. The van der Waals surface area contributed by atoms with Gasteiger partial charge in [-0.1, -0.05) is 0 Å². The van der Waals surface area contributed by atoms with Crippen LogP contribution in [0.4, 0.5) is 4.39 Å². The summed E-state index contributed by atoms with van der Waals surface area (Å²) in [6.07, 6.45) is 1.61. The maximum absolute atomic E-state index is 13.0. The molecule has 0 aliphatic heterocycles. The van der Waals surface area contributed by atoms with Crippen LogP contribution in [0.15, 0.2) is 30.4 Å². The zero-order valence-corrected chi connectivity index (χ0v) is 7.81. The van der Waals surface area contributed by atoms with Gasteiger partial charge in [0.1, 0.15) is 6.26 Å². The molecular formula is C9H8FNO4. The number of ether oxygens (including phenoxy) is 2. The van der Waals surface area contributed by atoms with Gasteiger partial charge in [0.2, 0.25) is 5.76 Å². The van der Waals surface area contributed by atoms with Gasteiger partial charge in [-0.25, -0.2) is 9.78 Å². The Labute approximate surface area is 84.8 Å². The molecule has 1 heterocycles. The van der Waals surface area contributed by atoms with Crippen molar-refractivity contribution in [1.29, 1.82) is 0 Å². The van der Waals surface area contributed by atoms with E-state index in [9.17, 15) is 9.18 Å². The minimum absolute atomic E-state index is 0.275. The van der Waals surface area contributed by atoms with Crippen LogP contribution in [-0.4, -0.2) is 23.2 Å². The van der Waals surface area contributed by atoms with Crippen molar-refractivity contribution in [3.8, 4) is 5.75 Å². The largest absolute Gasteiger partial charge is 0.511 e. The third-order valence-corrected chi connectivity index (χ3v) is 1.45. The highest BCUT2D eigenvalue weighted by atomic mass is 19.1. The van der Waals surface area contributed by atoms with Gasteiger partial charge >= 0.3 is 5.97 Å². The van der Waals surface area contributed by atoms with E-state index < -0.39 is 17.7 Å². The number of hydrogen-bond acceptors (Lipinski definition) is 5. The Morgan fingerprint density at radius 3 is 2.93 bits per heavy atom. The Morgan fingerprint density at radius 2 is 2.40 bits per heavy atom. The number of aliphatic hydroxyl groups is 1. The van der Waals surface area contributed by atoms with E-state index in [1.165, 1.54) is 18.3 Å². The van der Waals surface area contributed by atoms with Crippen molar-refractivity contribution in [1.82, 2.24) is 4.98 Å². The third-order valence-electron chi connectivity index (χ3n) is 1.45. The van der Waals surface area contributed by atoms with Crippen molar-refractivity contribution in [2.24, 2.45) is 0 Å². The molecule has 5 nitrogen and oxygen atoms in total. The van der Waals surface area contributed by atoms with Crippen LogP contribution < -0.4 is 4.74 Å². The molecule has 80 valence electrons. The summed E-state index contributed by atoms with van der Waals surface area (Å²) >= 11 is 0. The number of esters is 1. The first-order valence-electron chi connectivity index (χ1n) is 3.90. The Bertz CT molecular complexity index is 391. The molecule has 0 atom stereocenters. The second-order valence-corrected chi connectivity index (χ2v) is 2.38. The average Bonchev–Trinajstić information content (AvgIpc) is 2.27. The van der Waals surface area contributed by atoms with Crippen LogP contribution in [0.1, 0.15) is 0 Å². The van der Waals surface area contributed by atoms with Gasteiger partial charge in [-0.2, -0.15) is 4.39 Å². The smallest absolute Gasteiger partial charge is 0.377 e. The Morgan fingerprint density at radius 1 is 1.67 bits per heavy atom. The number of nitrogens with zero attached hydrogens (tertiary/aromatic N) is 1. The summed E-state index contributed by atoms with van der Waals surface area (Å²) in [6.45, 7) is 0. The second kappa shape index (κ2) is 4.94. The van der Waals surface area contributed by atoms with Gasteiger partial charge in [0, 0.05) is 6.20 Å². The summed E-state index contributed by atoms with van der Waals surface area (Å²) in [5.41, 5.74) is 0. The van der Waals surface area contributed by atoms with Gasteiger partial charge in [-0.05, 0) is 12.1 Å². The monoisotopic (exact) mass is 213 g/mol. The molecule has 0 bridgehead atoms. The summed E-state index contributed by atoms with van der Waals surface area (Å²) in [7, 11) is 1.11. The van der Waals surface area contributed by atoms with E-state index in [0.717, 1.165) is 7.11 Å². The second-order valence-electron chi connectivity index (χ2n) is 2.38. The normalized spacial score (nSPS) is 10.9. The Balaban J connectivity index is 2.86. The fourth-order valence-electron chi connectivity index (χ4n) is 0.787. The van der Waals surface area contributed by atoms with Crippen LogP contribution in [0.2, 0.25) is 0 Å². The molecule has 0 aromatic carbocycles. The van der Waals surface area contributed by atoms with Crippen molar-refractivity contribution >= 4 is 5.97 Å². The first kappa shape index (κ1) is 11.0. The van der Waals surface area contributed by atoms with Crippen LogP contribution in [0.3, 0.4) is 0 Å². The topological polar surface area (TPSA) is 68.7 Å². The molecule has 0 amide bonds. The first-order valence-corrected chi connectivity index (χ1v) is 3.90. The lowest BCUT2D eigenvalue weighted by Gasteiger charge is -2.06. The van der Waals surface area contributed by atoms with Gasteiger partial charge < -0.3 is 14.6 Å². The minimum Gasteiger partial charge on any atom is -0.511 e. The first-order chi connectivity index (χ1) is 7.19. The summed E-state index contributed by atoms with van der Waals surface area (Å²) in [4.78, 5) is 14.2. The minimum atomic E-state index is -0.916. The molecule has 1 aromatic heterocycles. The number of methoxy groups -OCH3 is 1. The van der Waals surface area contributed by atoms with E-state index in [1.807, 2.05) is 0 Å². The van der Waals surface area contributed by atoms with E-state index in [2.05, 4.69) is 9.72 Å². The lowest BCUT2D eigenvalue weighted by atomic mass is 10.4. The molecule has 0 aliphatic carbocycles. The van der Waals surface area contributed by atoms with E-state index in [1.54, 1.807) is 0 Å². The lowest BCUT2D eigenvalue weighted by Crippen LogP contribution is -2.11. The highest BCUT2D eigenvalue weighted by Crippen LogP contribution is 2.16. The molecule has 1 rings (SSSR count). The van der Waals surface area contributed by atoms with Crippen LogP contribution in [0.5, 0.6) is 5.75 Å². The van der Waals surface area contributed by atoms with Gasteiger partial charge in [0.25, 0.3) is 5.95 Å². The maximum Gasteiger partial charge on any atom is 0.377 e. The number of pyridine rings is 1. The standard InChI is InChI=1S/C9H8FNO4/c1-14-9(13)7(5-12)15-6-3-2-4-11-8(6)10/h2-5,12H,1H3/b7-5-. The number of halogens is 1. The molecule has 0 aliphatic rings. The number of carbonyl (C=O) groups is 1. The van der Waals surface area contributed by atoms with Gasteiger partial charge in [0.15, 0.2) is 5.75 Å². The summed E-state index contributed by atoms with van der Waals surface area (Å²) in [6, 6.07) is 2.68. The van der Waals surface area contributed by atoms with Crippen molar-refractivity contribution in [3.05, 3.63) is 36.3 Å². The van der Waals surface area contributed by atoms with Gasteiger partial charge in [0.05, 0.1) is 7.11 Å². The molecule has 0 saturated carbocycles. The molecule has 0 radical (unpaired) electrons. The van der Waals surface area contributed by atoms with Crippen LogP contribution >= 0.6 is 0 Å². The molecule has 1 aromatic rings. The van der Waals surface area contributed by atoms with Crippen molar-refractivity contribution in [2.75, 3.05) is 7.11 Å². The molecule has 0 spiro atoms. The lowest BCUT2D eigenvalue weighted by molar-refractivity contribution is -0.138. The number of aromatic nitrogens is 1. The summed E-state index contributed by atoms with van der Waals surface area (Å²) < 4.78 is 22.0. The predicted molar refractivity (Wildman–Crippen MR) is 47.6 cm³/mol. The van der Waals surface area contributed by atoms with E-state index in [4.69, 9.17) is 9.84 Å². The number of hydrogen-bond donors (Lipinski definition) is 1.